The highest BCUT2D eigenvalue weighted by molar-refractivity contribution is 7.16. The van der Waals surface area contributed by atoms with Crippen LogP contribution in [0.15, 0.2) is 36.4 Å². The molecule has 0 aliphatic rings. The monoisotopic (exact) mass is 322 g/mol. The molecule has 0 radical (unpaired) electrons. The first-order valence-corrected chi connectivity index (χ1v) is 8.47. The van der Waals surface area contributed by atoms with E-state index in [4.69, 9.17) is 17.3 Å². The van der Waals surface area contributed by atoms with Gasteiger partial charge in [-0.1, -0.05) is 48.4 Å². The predicted molar refractivity (Wildman–Crippen MR) is 93.0 cm³/mol. The van der Waals surface area contributed by atoms with E-state index in [0.717, 1.165) is 17.3 Å². The van der Waals surface area contributed by atoms with Crippen LogP contribution in [0.3, 0.4) is 0 Å². The maximum Gasteiger partial charge on any atom is 0.0931 e. The van der Waals surface area contributed by atoms with Crippen LogP contribution in [0.4, 0.5) is 0 Å². The van der Waals surface area contributed by atoms with Crippen LogP contribution in [-0.2, 0) is 6.54 Å². The van der Waals surface area contributed by atoms with Gasteiger partial charge in [-0.3, -0.25) is 4.90 Å². The van der Waals surface area contributed by atoms with Crippen LogP contribution >= 0.6 is 22.9 Å². The van der Waals surface area contributed by atoms with E-state index in [1.807, 2.05) is 6.07 Å². The standard InChI is InChI=1S/C17H23ClN2S/c1-4-15(19)17(13-7-5-6-12(2)10-13)20(3)11-14-8-9-16(18)21-14/h5-10,15,17H,4,11,19H2,1-3H3. The number of nitrogens with two attached hydrogens (primary N) is 1. The Morgan fingerprint density at radius 3 is 2.62 bits per heavy atom. The van der Waals surface area contributed by atoms with E-state index in [1.54, 1.807) is 11.3 Å². The van der Waals surface area contributed by atoms with Gasteiger partial charge in [-0.25, -0.2) is 0 Å². The summed E-state index contributed by atoms with van der Waals surface area (Å²) in [5.41, 5.74) is 8.95. The molecule has 2 rings (SSSR count). The minimum absolute atomic E-state index is 0.118. The summed E-state index contributed by atoms with van der Waals surface area (Å²) in [6.07, 6.45) is 0.953. The Balaban J connectivity index is 2.23. The zero-order chi connectivity index (χ0) is 15.4. The van der Waals surface area contributed by atoms with Crippen LogP contribution < -0.4 is 5.73 Å². The van der Waals surface area contributed by atoms with Gasteiger partial charge in [0.1, 0.15) is 0 Å². The maximum absolute atomic E-state index is 6.39. The van der Waals surface area contributed by atoms with Gasteiger partial charge < -0.3 is 5.73 Å². The minimum atomic E-state index is 0.118. The van der Waals surface area contributed by atoms with Crippen LogP contribution in [0.2, 0.25) is 4.34 Å². The largest absolute Gasteiger partial charge is 0.326 e. The van der Waals surface area contributed by atoms with Gasteiger partial charge in [-0.2, -0.15) is 0 Å². The SMILES string of the molecule is CCC(N)C(c1cccc(C)c1)N(C)Cc1ccc(Cl)s1. The Morgan fingerprint density at radius 2 is 2.05 bits per heavy atom. The van der Waals surface area contributed by atoms with E-state index in [-0.39, 0.29) is 12.1 Å². The summed E-state index contributed by atoms with van der Waals surface area (Å²) in [5.74, 6) is 0. The molecule has 0 bridgehead atoms. The van der Waals surface area contributed by atoms with Gasteiger partial charge in [0.05, 0.1) is 4.34 Å². The lowest BCUT2D eigenvalue weighted by Gasteiger charge is -2.32. The van der Waals surface area contributed by atoms with Gasteiger partial charge in [0, 0.05) is 23.5 Å². The molecule has 0 saturated heterocycles. The second-order valence-electron chi connectivity index (χ2n) is 5.55. The van der Waals surface area contributed by atoms with Crippen LogP contribution in [-0.4, -0.2) is 18.0 Å². The van der Waals surface area contributed by atoms with Crippen LogP contribution in [0.25, 0.3) is 0 Å². The lowest BCUT2D eigenvalue weighted by Crippen LogP contribution is -2.38. The summed E-state index contributed by atoms with van der Waals surface area (Å²) >= 11 is 7.66. The molecule has 0 spiro atoms. The molecule has 21 heavy (non-hydrogen) atoms. The summed E-state index contributed by atoms with van der Waals surface area (Å²) in [7, 11) is 2.14. The highest BCUT2D eigenvalue weighted by Gasteiger charge is 2.23. The van der Waals surface area contributed by atoms with Crippen molar-refractivity contribution in [2.45, 2.75) is 38.9 Å². The molecule has 0 aliphatic heterocycles. The Labute approximate surface area is 136 Å². The average Bonchev–Trinajstić information content (AvgIpc) is 2.84. The van der Waals surface area contributed by atoms with Crippen molar-refractivity contribution in [3.8, 4) is 0 Å². The van der Waals surface area contributed by atoms with Crippen molar-refractivity contribution < 1.29 is 0 Å². The van der Waals surface area contributed by atoms with E-state index in [2.05, 4.69) is 56.1 Å². The molecule has 1 aromatic heterocycles. The Morgan fingerprint density at radius 1 is 1.29 bits per heavy atom. The number of rotatable bonds is 6. The summed E-state index contributed by atoms with van der Waals surface area (Å²) in [6, 6.07) is 13.0. The Hall–Kier alpha value is -0.870. The van der Waals surface area contributed by atoms with Crippen LogP contribution in [0.5, 0.6) is 0 Å². The fraction of sp³-hybridized carbons (Fsp3) is 0.412. The van der Waals surface area contributed by atoms with Crippen LogP contribution in [0.1, 0.15) is 35.4 Å². The highest BCUT2D eigenvalue weighted by Crippen LogP contribution is 2.29. The van der Waals surface area contributed by atoms with Crippen molar-refractivity contribution in [1.82, 2.24) is 4.90 Å². The molecule has 114 valence electrons. The molecule has 1 aromatic carbocycles. The van der Waals surface area contributed by atoms with E-state index in [1.165, 1.54) is 16.0 Å². The van der Waals surface area contributed by atoms with Crippen molar-refractivity contribution in [1.29, 1.82) is 0 Å². The topological polar surface area (TPSA) is 29.3 Å². The number of hydrogen-bond acceptors (Lipinski definition) is 3. The first kappa shape index (κ1) is 16.5. The Bertz CT molecular complexity index is 582. The fourth-order valence-corrected chi connectivity index (χ4v) is 3.84. The molecule has 0 fully saturated rings. The quantitative estimate of drug-likeness (QED) is 0.840. The normalized spacial score (nSPS) is 14.4. The summed E-state index contributed by atoms with van der Waals surface area (Å²) < 4.78 is 0.838. The lowest BCUT2D eigenvalue weighted by atomic mass is 9.95. The third kappa shape index (κ3) is 4.30. The highest BCUT2D eigenvalue weighted by atomic mass is 35.5. The molecule has 2 N–H and O–H groups in total. The third-order valence-electron chi connectivity index (χ3n) is 3.77. The van der Waals surface area contributed by atoms with Crippen molar-refractivity contribution in [3.63, 3.8) is 0 Å². The molecule has 2 unspecified atom stereocenters. The number of aryl methyl sites for hydroxylation is 1. The smallest absolute Gasteiger partial charge is 0.0931 e. The lowest BCUT2D eigenvalue weighted by molar-refractivity contribution is 0.203. The molecule has 0 amide bonds. The van der Waals surface area contributed by atoms with Gasteiger partial charge in [-0.05, 0) is 38.1 Å². The number of thiophene rings is 1. The molecule has 4 heteroatoms. The second kappa shape index (κ2) is 7.41. The van der Waals surface area contributed by atoms with Gasteiger partial charge in [0.25, 0.3) is 0 Å². The van der Waals surface area contributed by atoms with E-state index >= 15 is 0 Å². The molecule has 2 atom stereocenters. The summed E-state index contributed by atoms with van der Waals surface area (Å²) in [5, 5.41) is 0. The molecule has 1 heterocycles. The third-order valence-corrected chi connectivity index (χ3v) is 4.99. The fourth-order valence-electron chi connectivity index (χ4n) is 2.69. The minimum Gasteiger partial charge on any atom is -0.326 e. The first-order valence-electron chi connectivity index (χ1n) is 7.28. The van der Waals surface area contributed by atoms with Crippen molar-refractivity contribution in [2.24, 2.45) is 5.73 Å². The number of benzene rings is 1. The molecule has 2 nitrogen and oxygen atoms in total. The van der Waals surface area contributed by atoms with E-state index in [0.29, 0.717) is 0 Å². The summed E-state index contributed by atoms with van der Waals surface area (Å²) in [6.45, 7) is 5.13. The summed E-state index contributed by atoms with van der Waals surface area (Å²) in [4.78, 5) is 3.59. The van der Waals surface area contributed by atoms with Gasteiger partial charge >= 0.3 is 0 Å². The first-order chi connectivity index (χ1) is 10.0. The molecule has 2 aromatic rings. The number of nitrogens with zero attached hydrogens (tertiary/aromatic N) is 1. The molecule has 0 saturated carbocycles. The van der Waals surface area contributed by atoms with Gasteiger partial charge in [0.15, 0.2) is 0 Å². The van der Waals surface area contributed by atoms with Crippen molar-refractivity contribution in [3.05, 3.63) is 56.7 Å². The molecule has 0 aliphatic carbocycles. The zero-order valence-electron chi connectivity index (χ0n) is 12.8. The van der Waals surface area contributed by atoms with Gasteiger partial charge in [-0.15, -0.1) is 11.3 Å². The van der Waals surface area contributed by atoms with E-state index in [9.17, 15) is 0 Å². The van der Waals surface area contributed by atoms with Crippen LogP contribution in [0, 0.1) is 6.92 Å². The molecular formula is C17H23ClN2S. The van der Waals surface area contributed by atoms with E-state index < -0.39 is 0 Å². The zero-order valence-corrected chi connectivity index (χ0v) is 14.4. The Kier molecular flexibility index (Phi) is 5.82. The van der Waals surface area contributed by atoms with Crippen molar-refractivity contribution >= 4 is 22.9 Å². The van der Waals surface area contributed by atoms with Crippen molar-refractivity contribution in [2.75, 3.05) is 7.05 Å². The average molecular weight is 323 g/mol. The number of likely N-dealkylation sites (N-methyl/N-ethyl adjacent to an activating group) is 1. The predicted octanol–water partition coefficient (Wildman–Crippen LogP) is 4.62. The van der Waals surface area contributed by atoms with Gasteiger partial charge in [0.2, 0.25) is 0 Å². The maximum atomic E-state index is 6.39. The number of halogens is 1. The number of hydrogen-bond donors (Lipinski definition) is 1. The second-order valence-corrected chi connectivity index (χ2v) is 7.35. The molecular weight excluding hydrogens is 300 g/mol.